The maximum atomic E-state index is 12.6. The maximum Gasteiger partial charge on any atom is 0.231 e. The number of nitrogens with zero attached hydrogens (tertiary/aromatic N) is 3. The molecule has 0 radical (unpaired) electrons. The number of aromatic nitrogens is 1. The number of halogens is 1. The Morgan fingerprint density at radius 3 is 2.89 bits per heavy atom. The van der Waals surface area contributed by atoms with E-state index < -0.39 is 0 Å². The molecule has 3 heterocycles. The fourth-order valence-electron chi connectivity index (χ4n) is 3.77. The van der Waals surface area contributed by atoms with Gasteiger partial charge in [-0.3, -0.25) is 14.5 Å². The third-order valence-electron chi connectivity index (χ3n) is 5.23. The van der Waals surface area contributed by atoms with Crippen LogP contribution in [0.2, 0.25) is 5.02 Å². The van der Waals surface area contributed by atoms with Crippen LogP contribution in [0.15, 0.2) is 29.6 Å². The van der Waals surface area contributed by atoms with E-state index in [1.54, 1.807) is 23.1 Å². The molecule has 2 amide bonds. The van der Waals surface area contributed by atoms with E-state index in [9.17, 15) is 9.59 Å². The summed E-state index contributed by atoms with van der Waals surface area (Å²) in [6.45, 7) is 3.42. The van der Waals surface area contributed by atoms with Crippen LogP contribution in [-0.4, -0.2) is 41.3 Å². The Kier molecular flexibility index (Phi) is 5.94. The number of rotatable bonds is 5. The lowest BCUT2D eigenvalue weighted by atomic mass is 10.1. The number of piperidine rings is 1. The van der Waals surface area contributed by atoms with Gasteiger partial charge in [0.05, 0.1) is 11.6 Å². The average molecular weight is 419 g/mol. The monoisotopic (exact) mass is 418 g/mol. The van der Waals surface area contributed by atoms with E-state index in [1.807, 2.05) is 11.4 Å². The van der Waals surface area contributed by atoms with Gasteiger partial charge in [-0.05, 0) is 44.1 Å². The van der Waals surface area contributed by atoms with E-state index in [-0.39, 0.29) is 24.2 Å². The molecule has 0 aliphatic carbocycles. The number of likely N-dealkylation sites (tertiary alicyclic amines) is 1. The van der Waals surface area contributed by atoms with Crippen molar-refractivity contribution in [3.05, 3.63) is 40.4 Å². The molecule has 0 spiro atoms. The van der Waals surface area contributed by atoms with Gasteiger partial charge in [-0.15, -0.1) is 11.3 Å². The van der Waals surface area contributed by atoms with Gasteiger partial charge in [0, 0.05) is 35.6 Å². The first-order chi connectivity index (χ1) is 13.6. The summed E-state index contributed by atoms with van der Waals surface area (Å²) in [6.07, 6.45) is 3.99. The lowest BCUT2D eigenvalue weighted by Gasteiger charge is -2.25. The summed E-state index contributed by atoms with van der Waals surface area (Å²) in [5, 5.41) is 6.07. The molecule has 2 saturated heterocycles. The Labute approximate surface area is 173 Å². The van der Waals surface area contributed by atoms with Crippen LogP contribution in [0.4, 0.5) is 10.8 Å². The molecule has 0 unspecified atom stereocenters. The Morgan fingerprint density at radius 1 is 1.29 bits per heavy atom. The Balaban J connectivity index is 1.34. The molecule has 0 saturated carbocycles. The van der Waals surface area contributed by atoms with Crippen LogP contribution >= 0.6 is 22.9 Å². The third kappa shape index (κ3) is 4.54. The first-order valence-electron chi connectivity index (χ1n) is 9.62. The number of amides is 2. The van der Waals surface area contributed by atoms with Gasteiger partial charge < -0.3 is 10.2 Å². The summed E-state index contributed by atoms with van der Waals surface area (Å²) >= 11 is 7.46. The Bertz CT molecular complexity index is 865. The summed E-state index contributed by atoms with van der Waals surface area (Å²) in [5.74, 6) is -0.606. The summed E-state index contributed by atoms with van der Waals surface area (Å²) < 4.78 is 0. The Hall–Kier alpha value is -1.96. The van der Waals surface area contributed by atoms with Gasteiger partial charge in [-0.1, -0.05) is 24.1 Å². The number of hydrogen-bond donors (Lipinski definition) is 1. The van der Waals surface area contributed by atoms with Crippen LogP contribution in [0, 0.1) is 5.92 Å². The van der Waals surface area contributed by atoms with Crippen molar-refractivity contribution in [2.45, 2.75) is 32.2 Å². The van der Waals surface area contributed by atoms with E-state index in [1.165, 1.54) is 30.6 Å². The molecule has 0 bridgehead atoms. The maximum absolute atomic E-state index is 12.6. The number of anilines is 2. The fourth-order valence-corrected chi connectivity index (χ4v) is 4.66. The minimum atomic E-state index is -0.388. The number of benzene rings is 1. The smallest absolute Gasteiger partial charge is 0.231 e. The largest absolute Gasteiger partial charge is 0.312 e. The van der Waals surface area contributed by atoms with Crippen LogP contribution in [0.3, 0.4) is 0 Å². The normalized spacial score (nSPS) is 20.5. The molecule has 2 aromatic rings. The van der Waals surface area contributed by atoms with Crippen LogP contribution in [0.25, 0.3) is 0 Å². The zero-order valence-corrected chi connectivity index (χ0v) is 17.1. The van der Waals surface area contributed by atoms with E-state index in [0.29, 0.717) is 16.7 Å². The van der Waals surface area contributed by atoms with Crippen molar-refractivity contribution in [2.75, 3.05) is 29.9 Å². The second-order valence-corrected chi connectivity index (χ2v) is 8.65. The van der Waals surface area contributed by atoms with E-state index >= 15 is 0 Å². The van der Waals surface area contributed by atoms with Gasteiger partial charge in [-0.25, -0.2) is 4.98 Å². The van der Waals surface area contributed by atoms with Crippen molar-refractivity contribution in [1.82, 2.24) is 9.88 Å². The van der Waals surface area contributed by atoms with Crippen molar-refractivity contribution in [3.8, 4) is 0 Å². The molecule has 8 heteroatoms. The average Bonchev–Trinajstić information content (AvgIpc) is 3.29. The fraction of sp³-hybridized carbons (Fsp3) is 0.450. The SMILES string of the molecule is O=C(Nc1nc(CN2CCCCC2)cs1)[C@@H]1CC(=O)N(c2cccc(Cl)c2)C1. The number of nitrogens with one attached hydrogen (secondary N) is 1. The first kappa shape index (κ1) is 19.4. The molecule has 2 fully saturated rings. The topological polar surface area (TPSA) is 65.5 Å². The molecule has 1 N–H and O–H groups in total. The van der Waals surface area contributed by atoms with Crippen LogP contribution in [-0.2, 0) is 16.1 Å². The van der Waals surface area contributed by atoms with Gasteiger partial charge in [0.2, 0.25) is 11.8 Å². The summed E-state index contributed by atoms with van der Waals surface area (Å²) in [4.78, 5) is 33.6. The molecule has 148 valence electrons. The number of hydrogen-bond acceptors (Lipinski definition) is 5. The molecule has 1 atom stereocenters. The van der Waals surface area contributed by atoms with Gasteiger partial charge in [0.25, 0.3) is 0 Å². The molecule has 2 aliphatic heterocycles. The zero-order valence-electron chi connectivity index (χ0n) is 15.6. The number of carbonyl (C=O) groups is 2. The molecule has 1 aromatic carbocycles. The van der Waals surface area contributed by atoms with Crippen molar-refractivity contribution in [2.24, 2.45) is 5.92 Å². The zero-order chi connectivity index (χ0) is 19.5. The van der Waals surface area contributed by atoms with E-state index in [4.69, 9.17) is 11.6 Å². The third-order valence-corrected chi connectivity index (χ3v) is 6.27. The highest BCUT2D eigenvalue weighted by molar-refractivity contribution is 7.13. The number of carbonyl (C=O) groups excluding carboxylic acids is 2. The highest BCUT2D eigenvalue weighted by Gasteiger charge is 2.35. The predicted molar refractivity (Wildman–Crippen MR) is 112 cm³/mol. The molecular weight excluding hydrogens is 396 g/mol. The van der Waals surface area contributed by atoms with E-state index in [2.05, 4.69) is 15.2 Å². The second-order valence-electron chi connectivity index (χ2n) is 7.36. The molecule has 2 aliphatic rings. The highest BCUT2D eigenvalue weighted by Crippen LogP contribution is 2.28. The minimum Gasteiger partial charge on any atom is -0.312 e. The molecular formula is C20H23ClN4O2S. The summed E-state index contributed by atoms with van der Waals surface area (Å²) in [5.41, 5.74) is 1.72. The van der Waals surface area contributed by atoms with Crippen LogP contribution in [0.5, 0.6) is 0 Å². The van der Waals surface area contributed by atoms with Crippen LogP contribution in [0.1, 0.15) is 31.4 Å². The van der Waals surface area contributed by atoms with Gasteiger partial charge in [0.1, 0.15) is 0 Å². The summed E-state index contributed by atoms with van der Waals surface area (Å²) in [7, 11) is 0. The lowest BCUT2D eigenvalue weighted by molar-refractivity contribution is -0.122. The standard InChI is InChI=1S/C20H23ClN4O2S/c21-15-5-4-6-17(10-15)25-11-14(9-18(25)26)19(27)23-20-22-16(13-28-20)12-24-7-2-1-3-8-24/h4-6,10,13-14H,1-3,7-9,11-12H2,(H,22,23,27)/t14-/m1/s1. The number of thiazole rings is 1. The van der Waals surface area contributed by atoms with Gasteiger partial charge in [0.15, 0.2) is 5.13 Å². The van der Waals surface area contributed by atoms with Crippen molar-refractivity contribution in [3.63, 3.8) is 0 Å². The molecule has 1 aromatic heterocycles. The predicted octanol–water partition coefficient (Wildman–Crippen LogP) is 3.77. The first-order valence-corrected chi connectivity index (χ1v) is 10.9. The Morgan fingerprint density at radius 2 is 2.11 bits per heavy atom. The second kappa shape index (κ2) is 8.59. The molecule has 28 heavy (non-hydrogen) atoms. The lowest BCUT2D eigenvalue weighted by Crippen LogP contribution is -2.29. The van der Waals surface area contributed by atoms with Crippen LogP contribution < -0.4 is 10.2 Å². The van der Waals surface area contributed by atoms with Crippen molar-refractivity contribution < 1.29 is 9.59 Å². The highest BCUT2D eigenvalue weighted by atomic mass is 35.5. The van der Waals surface area contributed by atoms with Gasteiger partial charge in [-0.2, -0.15) is 0 Å². The molecule has 4 rings (SSSR count). The van der Waals surface area contributed by atoms with Crippen molar-refractivity contribution >= 4 is 45.6 Å². The van der Waals surface area contributed by atoms with Crippen molar-refractivity contribution in [1.29, 1.82) is 0 Å². The van der Waals surface area contributed by atoms with Gasteiger partial charge >= 0.3 is 0 Å². The minimum absolute atomic E-state index is 0.0626. The van der Waals surface area contributed by atoms with E-state index in [0.717, 1.165) is 31.0 Å². The molecule has 6 nitrogen and oxygen atoms in total. The summed E-state index contributed by atoms with van der Waals surface area (Å²) in [6, 6.07) is 7.14. The quantitative estimate of drug-likeness (QED) is 0.802.